The molecule has 1 aromatic heterocycles. The molecule has 1 N–H and O–H groups in total. The summed E-state index contributed by atoms with van der Waals surface area (Å²) in [7, 11) is 0. The van der Waals surface area contributed by atoms with Crippen molar-refractivity contribution < 1.29 is 19.1 Å². The number of nitrogens with zero attached hydrogens (tertiary/aromatic N) is 1. The zero-order chi connectivity index (χ0) is 20.1. The van der Waals surface area contributed by atoms with E-state index in [0.717, 1.165) is 10.4 Å². The van der Waals surface area contributed by atoms with Gasteiger partial charge in [-0.3, -0.25) is 9.78 Å². The van der Waals surface area contributed by atoms with Crippen LogP contribution in [-0.4, -0.2) is 34.8 Å². The van der Waals surface area contributed by atoms with E-state index in [2.05, 4.69) is 10.3 Å². The Bertz CT molecular complexity index is 786. The van der Waals surface area contributed by atoms with Crippen LogP contribution in [0, 0.1) is 5.92 Å². The summed E-state index contributed by atoms with van der Waals surface area (Å²) in [6.07, 6.45) is 2.62. The second kappa shape index (κ2) is 8.73. The molecular weight excluding hydrogens is 376 g/mol. The third-order valence-electron chi connectivity index (χ3n) is 4.50. The number of hydrogen-bond acceptors (Lipinski definition) is 6. The number of amides is 1. The maximum Gasteiger partial charge on any atom is 0.408 e. The van der Waals surface area contributed by atoms with Gasteiger partial charge >= 0.3 is 12.1 Å². The van der Waals surface area contributed by atoms with Gasteiger partial charge in [0, 0.05) is 17.5 Å². The number of nitrogens with one attached hydrogen (secondary N) is 1. The number of hydrogen-bond donors (Lipinski definition) is 1. The largest absolute Gasteiger partial charge is 0.460 e. The normalized spacial score (nSPS) is 20.5. The Morgan fingerprint density at radius 1 is 1.36 bits per heavy atom. The minimum Gasteiger partial charge on any atom is -0.460 e. The van der Waals surface area contributed by atoms with Crippen LogP contribution >= 0.6 is 11.3 Å². The van der Waals surface area contributed by atoms with Gasteiger partial charge in [-0.15, -0.1) is 11.3 Å². The molecule has 0 bridgehead atoms. The molecule has 7 heteroatoms. The van der Waals surface area contributed by atoms with E-state index < -0.39 is 17.8 Å². The van der Waals surface area contributed by atoms with Gasteiger partial charge in [0.1, 0.15) is 11.7 Å². The number of carbonyl (C=O) groups is 2. The number of carbonyl (C=O) groups excluding carboxylic acids is 2. The van der Waals surface area contributed by atoms with Crippen molar-refractivity contribution in [2.24, 2.45) is 5.92 Å². The molecule has 3 rings (SSSR count). The van der Waals surface area contributed by atoms with Gasteiger partial charge in [-0.25, -0.2) is 4.79 Å². The zero-order valence-electron chi connectivity index (χ0n) is 16.4. The SMILES string of the molecule is CC(C)(C)OC(=O)N[C@@H](Cc1ccccc1)[C@@H]1C[C@@H](Cc2cncs2)C(=O)O1. The monoisotopic (exact) mass is 402 g/mol. The lowest BCUT2D eigenvalue weighted by Gasteiger charge is -2.26. The zero-order valence-corrected chi connectivity index (χ0v) is 17.2. The van der Waals surface area contributed by atoms with Gasteiger partial charge in [-0.05, 0) is 39.2 Å². The maximum atomic E-state index is 12.4. The molecule has 0 saturated carbocycles. The lowest BCUT2D eigenvalue weighted by molar-refractivity contribution is -0.145. The average Bonchev–Trinajstić information content (AvgIpc) is 3.24. The minimum atomic E-state index is -0.595. The lowest BCUT2D eigenvalue weighted by atomic mass is 9.94. The highest BCUT2D eigenvalue weighted by atomic mass is 32.1. The van der Waals surface area contributed by atoms with Crippen LogP contribution in [0.25, 0.3) is 0 Å². The van der Waals surface area contributed by atoms with Crippen molar-refractivity contribution in [3.63, 3.8) is 0 Å². The van der Waals surface area contributed by atoms with Crippen molar-refractivity contribution in [1.82, 2.24) is 10.3 Å². The van der Waals surface area contributed by atoms with Crippen LogP contribution in [0.15, 0.2) is 42.0 Å². The van der Waals surface area contributed by atoms with Crippen molar-refractivity contribution in [3.05, 3.63) is 52.5 Å². The van der Waals surface area contributed by atoms with Gasteiger partial charge in [0.25, 0.3) is 0 Å². The number of esters is 1. The van der Waals surface area contributed by atoms with Crippen LogP contribution in [0.4, 0.5) is 4.79 Å². The third kappa shape index (κ3) is 5.79. The van der Waals surface area contributed by atoms with Gasteiger partial charge < -0.3 is 14.8 Å². The van der Waals surface area contributed by atoms with Gasteiger partial charge in [0.2, 0.25) is 0 Å². The molecule has 0 unspecified atom stereocenters. The predicted molar refractivity (Wildman–Crippen MR) is 107 cm³/mol. The van der Waals surface area contributed by atoms with E-state index in [9.17, 15) is 9.59 Å². The fraction of sp³-hybridized carbons (Fsp3) is 0.476. The summed E-state index contributed by atoms with van der Waals surface area (Å²) >= 11 is 1.53. The van der Waals surface area contributed by atoms with E-state index in [4.69, 9.17) is 9.47 Å². The number of alkyl carbamates (subject to hydrolysis) is 1. The first-order valence-electron chi connectivity index (χ1n) is 9.41. The Labute approximate surface area is 169 Å². The molecule has 1 aliphatic rings. The van der Waals surface area contributed by atoms with E-state index in [1.165, 1.54) is 11.3 Å². The van der Waals surface area contributed by atoms with Gasteiger partial charge in [-0.2, -0.15) is 0 Å². The standard InChI is InChI=1S/C21H26N2O4S/c1-21(2,3)27-20(25)23-17(9-14-7-5-4-6-8-14)18-11-15(19(24)26-18)10-16-12-22-13-28-16/h4-8,12-13,15,17-18H,9-11H2,1-3H3,(H,23,25)/t15-,17+,18+/m1/s1. The van der Waals surface area contributed by atoms with Crippen LogP contribution in [-0.2, 0) is 27.1 Å². The quantitative estimate of drug-likeness (QED) is 0.745. The lowest BCUT2D eigenvalue weighted by Crippen LogP contribution is -2.46. The van der Waals surface area contributed by atoms with E-state index in [-0.39, 0.29) is 17.9 Å². The molecule has 1 amide bonds. The fourth-order valence-electron chi connectivity index (χ4n) is 3.27. The van der Waals surface area contributed by atoms with Crippen molar-refractivity contribution in [2.45, 2.75) is 57.8 Å². The van der Waals surface area contributed by atoms with Crippen LogP contribution in [0.5, 0.6) is 0 Å². The topological polar surface area (TPSA) is 77.5 Å². The number of rotatable bonds is 6. The van der Waals surface area contributed by atoms with Crippen LogP contribution in [0.2, 0.25) is 0 Å². The molecule has 1 saturated heterocycles. The molecule has 1 fully saturated rings. The molecule has 0 radical (unpaired) electrons. The Morgan fingerprint density at radius 3 is 2.75 bits per heavy atom. The molecule has 2 aromatic rings. The highest BCUT2D eigenvalue weighted by Crippen LogP contribution is 2.29. The number of thiazole rings is 1. The molecule has 3 atom stereocenters. The Hall–Kier alpha value is -2.41. The molecule has 0 aliphatic carbocycles. The first kappa shape index (κ1) is 20.3. The summed E-state index contributed by atoms with van der Waals surface area (Å²) in [5, 5.41) is 2.92. The first-order chi connectivity index (χ1) is 13.3. The second-order valence-electron chi connectivity index (χ2n) is 8.02. The third-order valence-corrected chi connectivity index (χ3v) is 5.30. The summed E-state index contributed by atoms with van der Waals surface area (Å²) < 4.78 is 11.1. The van der Waals surface area contributed by atoms with Crippen LogP contribution in [0.1, 0.15) is 37.6 Å². The number of aromatic nitrogens is 1. The number of cyclic esters (lactones) is 1. The maximum absolute atomic E-state index is 12.4. The first-order valence-corrected chi connectivity index (χ1v) is 10.3. The van der Waals surface area contributed by atoms with E-state index in [0.29, 0.717) is 19.3 Å². The van der Waals surface area contributed by atoms with Crippen LogP contribution < -0.4 is 5.32 Å². The number of benzene rings is 1. The molecule has 0 spiro atoms. The smallest absolute Gasteiger partial charge is 0.408 e. The highest BCUT2D eigenvalue weighted by molar-refractivity contribution is 7.09. The van der Waals surface area contributed by atoms with Gasteiger partial charge in [-0.1, -0.05) is 30.3 Å². The van der Waals surface area contributed by atoms with E-state index in [1.54, 1.807) is 11.7 Å². The van der Waals surface area contributed by atoms with Gasteiger partial charge in [0.15, 0.2) is 0 Å². The summed E-state index contributed by atoms with van der Waals surface area (Å²) in [5.41, 5.74) is 2.23. The van der Waals surface area contributed by atoms with Crippen LogP contribution in [0.3, 0.4) is 0 Å². The fourth-order valence-corrected chi connectivity index (χ4v) is 3.95. The molecule has 1 aliphatic heterocycles. The minimum absolute atomic E-state index is 0.218. The molecule has 150 valence electrons. The molecule has 2 heterocycles. The van der Waals surface area contributed by atoms with E-state index >= 15 is 0 Å². The summed E-state index contributed by atoms with van der Waals surface area (Å²) in [6.45, 7) is 5.46. The predicted octanol–water partition coefficient (Wildman–Crippen LogP) is 3.75. The molecule has 1 aromatic carbocycles. The Morgan fingerprint density at radius 2 is 2.11 bits per heavy atom. The second-order valence-corrected chi connectivity index (χ2v) is 8.99. The molecule has 28 heavy (non-hydrogen) atoms. The van der Waals surface area contributed by atoms with Crippen molar-refractivity contribution in [3.8, 4) is 0 Å². The molecule has 6 nitrogen and oxygen atoms in total. The summed E-state index contributed by atoms with van der Waals surface area (Å²) in [4.78, 5) is 29.9. The van der Waals surface area contributed by atoms with Crippen molar-refractivity contribution >= 4 is 23.4 Å². The Balaban J connectivity index is 1.70. The average molecular weight is 403 g/mol. The van der Waals surface area contributed by atoms with Gasteiger partial charge in [0.05, 0.1) is 17.5 Å². The highest BCUT2D eigenvalue weighted by Gasteiger charge is 2.40. The van der Waals surface area contributed by atoms with E-state index in [1.807, 2.05) is 51.1 Å². The van der Waals surface area contributed by atoms with Crippen molar-refractivity contribution in [2.75, 3.05) is 0 Å². The van der Waals surface area contributed by atoms with Crippen molar-refractivity contribution in [1.29, 1.82) is 0 Å². The summed E-state index contributed by atoms with van der Waals surface area (Å²) in [5.74, 6) is -0.438. The summed E-state index contributed by atoms with van der Waals surface area (Å²) in [6, 6.07) is 9.48. The number of ether oxygens (including phenoxy) is 2. The Kier molecular flexibility index (Phi) is 6.34. The molecular formula is C21H26N2O4S.